The summed E-state index contributed by atoms with van der Waals surface area (Å²) < 4.78 is 11.3. The van der Waals surface area contributed by atoms with E-state index in [0.717, 1.165) is 22.8 Å². The Morgan fingerprint density at radius 1 is 1.47 bits per heavy atom. The van der Waals surface area contributed by atoms with Gasteiger partial charge in [0, 0.05) is 44.6 Å². The number of rotatable bonds is 5. The Kier molecular flexibility index (Phi) is 4.96. The van der Waals surface area contributed by atoms with Crippen LogP contribution in [-0.4, -0.2) is 15.4 Å². The lowest BCUT2D eigenvalue weighted by atomic mass is 10.2. The average Bonchev–Trinajstić information content (AvgIpc) is 2.75. The summed E-state index contributed by atoms with van der Waals surface area (Å²) in [5.41, 5.74) is 1.89. The van der Waals surface area contributed by atoms with Crippen LogP contribution in [0, 0.1) is 6.92 Å². The molecule has 0 spiro atoms. The zero-order valence-electron chi connectivity index (χ0n) is 10.8. The van der Waals surface area contributed by atoms with Crippen molar-refractivity contribution in [2.75, 3.05) is 11.6 Å². The minimum absolute atomic E-state index is 0.480. The van der Waals surface area contributed by atoms with Gasteiger partial charge in [-0.3, -0.25) is 4.21 Å². The van der Waals surface area contributed by atoms with Gasteiger partial charge in [-0.25, -0.2) is 4.98 Å². The maximum atomic E-state index is 11.3. The first-order chi connectivity index (χ1) is 9.04. The molecule has 0 aliphatic heterocycles. The van der Waals surface area contributed by atoms with E-state index in [1.165, 1.54) is 4.88 Å². The van der Waals surface area contributed by atoms with Gasteiger partial charge in [0.2, 0.25) is 0 Å². The van der Waals surface area contributed by atoms with Crippen LogP contribution in [0.1, 0.15) is 15.4 Å². The quantitative estimate of drug-likeness (QED) is 0.917. The van der Waals surface area contributed by atoms with Gasteiger partial charge < -0.3 is 5.32 Å². The van der Waals surface area contributed by atoms with Crippen molar-refractivity contribution < 1.29 is 4.21 Å². The third-order valence-corrected chi connectivity index (χ3v) is 4.54. The van der Waals surface area contributed by atoms with E-state index in [-0.39, 0.29) is 0 Å². The van der Waals surface area contributed by atoms with Crippen LogP contribution < -0.4 is 5.32 Å². The minimum Gasteiger partial charge on any atom is -0.380 e. The Morgan fingerprint density at radius 2 is 2.26 bits per heavy atom. The molecule has 0 amide bonds. The SMILES string of the molecule is Cc1ncc(CNc2ccc(Cl)c(C[S@@](C)=O)c2)s1. The van der Waals surface area contributed by atoms with Crippen molar-refractivity contribution in [2.45, 2.75) is 19.2 Å². The molecule has 0 saturated heterocycles. The van der Waals surface area contributed by atoms with Gasteiger partial charge in [-0.15, -0.1) is 11.3 Å². The standard InChI is InChI=1S/C13H15ClN2OS2/c1-9-15-6-12(18-9)7-16-11-3-4-13(14)10(5-11)8-19(2)17/h3-6,16H,7-8H2,1-2H3/t19-/m1/s1. The fraction of sp³-hybridized carbons (Fsp3) is 0.308. The third kappa shape index (κ3) is 4.30. The van der Waals surface area contributed by atoms with Crippen molar-refractivity contribution in [2.24, 2.45) is 0 Å². The van der Waals surface area contributed by atoms with Crippen molar-refractivity contribution in [3.8, 4) is 0 Å². The van der Waals surface area contributed by atoms with Crippen molar-refractivity contribution in [1.82, 2.24) is 4.98 Å². The first-order valence-corrected chi connectivity index (χ1v) is 8.70. The smallest absolute Gasteiger partial charge is 0.0897 e. The van der Waals surface area contributed by atoms with E-state index in [0.29, 0.717) is 10.8 Å². The zero-order valence-corrected chi connectivity index (χ0v) is 13.2. The number of nitrogens with one attached hydrogen (secondary N) is 1. The maximum absolute atomic E-state index is 11.3. The number of halogens is 1. The van der Waals surface area contributed by atoms with Crippen LogP contribution in [0.5, 0.6) is 0 Å². The second-order valence-electron chi connectivity index (χ2n) is 4.22. The van der Waals surface area contributed by atoms with Crippen molar-refractivity contribution in [3.05, 3.63) is 44.9 Å². The molecule has 0 aliphatic carbocycles. The van der Waals surface area contributed by atoms with Crippen LogP contribution in [0.4, 0.5) is 5.69 Å². The van der Waals surface area contributed by atoms with E-state index in [9.17, 15) is 4.21 Å². The molecule has 102 valence electrons. The maximum Gasteiger partial charge on any atom is 0.0897 e. The number of aryl methyl sites for hydroxylation is 1. The topological polar surface area (TPSA) is 42.0 Å². The summed E-state index contributed by atoms with van der Waals surface area (Å²) in [6.07, 6.45) is 3.56. The van der Waals surface area contributed by atoms with Crippen LogP contribution in [0.25, 0.3) is 0 Å². The fourth-order valence-electron chi connectivity index (χ4n) is 1.69. The predicted molar refractivity (Wildman–Crippen MR) is 83.4 cm³/mol. The summed E-state index contributed by atoms with van der Waals surface area (Å²) in [6, 6.07) is 5.72. The van der Waals surface area contributed by atoms with E-state index >= 15 is 0 Å². The number of anilines is 1. The van der Waals surface area contributed by atoms with E-state index < -0.39 is 10.8 Å². The molecule has 1 aromatic heterocycles. The molecule has 3 nitrogen and oxygen atoms in total. The number of nitrogens with zero attached hydrogens (tertiary/aromatic N) is 1. The number of benzene rings is 1. The predicted octanol–water partition coefficient (Wildman–Crippen LogP) is 3.60. The summed E-state index contributed by atoms with van der Waals surface area (Å²) in [7, 11) is -0.892. The first-order valence-electron chi connectivity index (χ1n) is 5.78. The van der Waals surface area contributed by atoms with Crippen molar-refractivity contribution in [3.63, 3.8) is 0 Å². The molecular formula is C13H15ClN2OS2. The molecule has 1 aromatic carbocycles. The number of aromatic nitrogens is 1. The Hall–Kier alpha value is -0.910. The Balaban J connectivity index is 2.06. The highest BCUT2D eigenvalue weighted by atomic mass is 35.5. The molecule has 0 radical (unpaired) electrons. The average molecular weight is 315 g/mol. The molecule has 2 rings (SSSR count). The molecular weight excluding hydrogens is 300 g/mol. The minimum atomic E-state index is -0.892. The van der Waals surface area contributed by atoms with E-state index in [1.807, 2.05) is 31.3 Å². The monoisotopic (exact) mass is 314 g/mol. The lowest BCUT2D eigenvalue weighted by Gasteiger charge is -2.08. The highest BCUT2D eigenvalue weighted by molar-refractivity contribution is 7.83. The fourth-order valence-corrected chi connectivity index (χ4v) is 3.37. The third-order valence-electron chi connectivity index (χ3n) is 2.54. The van der Waals surface area contributed by atoms with Crippen LogP contribution in [0.3, 0.4) is 0 Å². The second-order valence-corrected chi connectivity index (χ2v) is 7.38. The Bertz CT molecular complexity index is 598. The Labute approximate surface area is 124 Å². The lowest BCUT2D eigenvalue weighted by molar-refractivity contribution is 0.686. The molecule has 0 unspecified atom stereocenters. The van der Waals surface area contributed by atoms with E-state index in [4.69, 9.17) is 11.6 Å². The molecule has 1 heterocycles. The summed E-state index contributed by atoms with van der Waals surface area (Å²) >= 11 is 7.77. The first kappa shape index (κ1) is 14.5. The van der Waals surface area contributed by atoms with Crippen molar-refractivity contribution >= 4 is 39.4 Å². The summed E-state index contributed by atoms with van der Waals surface area (Å²) in [5.74, 6) is 0.480. The van der Waals surface area contributed by atoms with Gasteiger partial charge in [0.25, 0.3) is 0 Å². The van der Waals surface area contributed by atoms with Gasteiger partial charge in [-0.05, 0) is 30.7 Å². The Morgan fingerprint density at radius 3 is 2.89 bits per heavy atom. The lowest BCUT2D eigenvalue weighted by Crippen LogP contribution is -2.00. The molecule has 0 fully saturated rings. The van der Waals surface area contributed by atoms with Gasteiger partial charge in [0.1, 0.15) is 0 Å². The molecule has 1 N–H and O–H groups in total. The summed E-state index contributed by atoms with van der Waals surface area (Å²) in [4.78, 5) is 5.41. The summed E-state index contributed by atoms with van der Waals surface area (Å²) in [5, 5.41) is 5.05. The number of thiazole rings is 1. The van der Waals surface area contributed by atoms with Gasteiger partial charge in [0.15, 0.2) is 0 Å². The van der Waals surface area contributed by atoms with Gasteiger partial charge in [-0.2, -0.15) is 0 Å². The van der Waals surface area contributed by atoms with Crippen LogP contribution in [0.15, 0.2) is 24.4 Å². The molecule has 0 bridgehead atoms. The molecule has 2 aromatic rings. The normalized spacial score (nSPS) is 12.4. The van der Waals surface area contributed by atoms with Gasteiger partial charge in [-0.1, -0.05) is 11.6 Å². The largest absolute Gasteiger partial charge is 0.380 e. The molecule has 19 heavy (non-hydrogen) atoms. The van der Waals surface area contributed by atoms with E-state index in [2.05, 4.69) is 10.3 Å². The molecule has 1 atom stereocenters. The van der Waals surface area contributed by atoms with Crippen LogP contribution in [0.2, 0.25) is 5.02 Å². The van der Waals surface area contributed by atoms with Crippen LogP contribution in [-0.2, 0) is 23.1 Å². The summed E-state index contributed by atoms with van der Waals surface area (Å²) in [6.45, 7) is 2.73. The van der Waals surface area contributed by atoms with Gasteiger partial charge in [0.05, 0.1) is 11.6 Å². The molecule has 0 saturated carbocycles. The highest BCUT2D eigenvalue weighted by Gasteiger charge is 2.05. The van der Waals surface area contributed by atoms with Crippen molar-refractivity contribution in [1.29, 1.82) is 0 Å². The van der Waals surface area contributed by atoms with E-state index in [1.54, 1.807) is 17.6 Å². The van der Waals surface area contributed by atoms with Crippen LogP contribution >= 0.6 is 22.9 Å². The molecule has 0 aliphatic rings. The van der Waals surface area contributed by atoms with Gasteiger partial charge >= 0.3 is 0 Å². The number of hydrogen-bond acceptors (Lipinski definition) is 4. The highest BCUT2D eigenvalue weighted by Crippen LogP contribution is 2.22. The molecule has 6 heteroatoms. The number of hydrogen-bond donors (Lipinski definition) is 1. The second kappa shape index (κ2) is 6.50. The zero-order chi connectivity index (χ0) is 13.8.